The number of hydrogen-bond donors (Lipinski definition) is 2. The van der Waals surface area contributed by atoms with Gasteiger partial charge in [-0.3, -0.25) is 19.7 Å². The van der Waals surface area contributed by atoms with Crippen molar-refractivity contribution in [3.8, 4) is 0 Å². The van der Waals surface area contributed by atoms with Crippen LogP contribution in [0, 0.1) is 10.1 Å². The minimum atomic E-state index is -1.16. The molecule has 0 radical (unpaired) electrons. The van der Waals surface area contributed by atoms with Gasteiger partial charge in [-0.25, -0.2) is 4.79 Å². The molecule has 0 fully saturated rings. The molecule has 0 saturated heterocycles. The van der Waals surface area contributed by atoms with Gasteiger partial charge in [-0.1, -0.05) is 48.5 Å². The van der Waals surface area contributed by atoms with Crippen molar-refractivity contribution < 1.29 is 24.0 Å². The van der Waals surface area contributed by atoms with Crippen LogP contribution in [0.4, 0.5) is 5.69 Å². The molecule has 0 bridgehead atoms. The zero-order valence-electron chi connectivity index (χ0n) is 16.7. The van der Waals surface area contributed by atoms with E-state index in [0.717, 1.165) is 12.7 Å². The van der Waals surface area contributed by atoms with Crippen molar-refractivity contribution in [2.24, 2.45) is 0 Å². The van der Waals surface area contributed by atoms with Crippen LogP contribution in [-0.2, 0) is 32.0 Å². The van der Waals surface area contributed by atoms with Crippen LogP contribution in [-0.4, -0.2) is 41.9 Å². The first-order chi connectivity index (χ1) is 14.3. The van der Waals surface area contributed by atoms with Crippen molar-refractivity contribution in [2.75, 3.05) is 7.11 Å². The molecule has 2 amide bonds. The summed E-state index contributed by atoms with van der Waals surface area (Å²) in [5, 5.41) is 16.4. The average molecular weight is 413 g/mol. The number of nitro groups is 1. The Morgan fingerprint density at radius 2 is 1.60 bits per heavy atom. The first-order valence-corrected chi connectivity index (χ1v) is 9.23. The number of para-hydroxylation sites is 1. The molecule has 0 saturated carbocycles. The molecule has 2 aromatic rings. The number of amides is 2. The fourth-order valence-electron chi connectivity index (χ4n) is 2.99. The highest BCUT2D eigenvalue weighted by Crippen LogP contribution is 2.19. The minimum absolute atomic E-state index is 0.131. The van der Waals surface area contributed by atoms with E-state index in [0.29, 0.717) is 0 Å². The van der Waals surface area contributed by atoms with Crippen LogP contribution in [0.2, 0.25) is 0 Å². The largest absolute Gasteiger partial charge is 0.467 e. The van der Waals surface area contributed by atoms with Gasteiger partial charge in [0.1, 0.15) is 12.1 Å². The van der Waals surface area contributed by atoms with Gasteiger partial charge in [0.25, 0.3) is 5.69 Å². The maximum atomic E-state index is 12.9. The molecule has 0 spiro atoms. The number of nitrogens with one attached hydrogen (secondary N) is 2. The molecule has 0 aromatic heterocycles. The van der Waals surface area contributed by atoms with Gasteiger partial charge >= 0.3 is 5.97 Å². The Labute approximate surface area is 173 Å². The van der Waals surface area contributed by atoms with Crippen LogP contribution in [0.5, 0.6) is 0 Å². The number of methoxy groups -OCH3 is 1. The molecule has 30 heavy (non-hydrogen) atoms. The van der Waals surface area contributed by atoms with Crippen LogP contribution in [0.3, 0.4) is 0 Å². The minimum Gasteiger partial charge on any atom is -0.467 e. The zero-order valence-corrected chi connectivity index (χ0v) is 16.7. The van der Waals surface area contributed by atoms with Crippen LogP contribution < -0.4 is 10.6 Å². The van der Waals surface area contributed by atoms with Gasteiger partial charge in [0.15, 0.2) is 0 Å². The predicted octanol–water partition coefficient (Wildman–Crippen LogP) is 1.54. The highest BCUT2D eigenvalue weighted by atomic mass is 16.6. The molecule has 158 valence electrons. The van der Waals surface area contributed by atoms with Gasteiger partial charge in [-0.05, 0) is 5.56 Å². The third kappa shape index (κ3) is 6.40. The maximum Gasteiger partial charge on any atom is 0.328 e. The lowest BCUT2D eigenvalue weighted by atomic mass is 10.0. The summed E-state index contributed by atoms with van der Waals surface area (Å²) in [7, 11) is 1.16. The monoisotopic (exact) mass is 413 g/mol. The summed E-state index contributed by atoms with van der Waals surface area (Å²) in [6.07, 6.45) is 0.0827. The highest BCUT2D eigenvalue weighted by Gasteiger charge is 2.29. The van der Waals surface area contributed by atoms with Crippen molar-refractivity contribution in [3.05, 3.63) is 75.8 Å². The molecule has 9 nitrogen and oxygen atoms in total. The summed E-state index contributed by atoms with van der Waals surface area (Å²) >= 11 is 0. The molecule has 0 unspecified atom stereocenters. The molecular weight excluding hydrogens is 390 g/mol. The molecule has 0 aliphatic heterocycles. The number of hydrogen-bond acceptors (Lipinski definition) is 6. The Balaban J connectivity index is 2.22. The van der Waals surface area contributed by atoms with Crippen LogP contribution >= 0.6 is 0 Å². The fourth-order valence-corrected chi connectivity index (χ4v) is 2.99. The smallest absolute Gasteiger partial charge is 0.328 e. The van der Waals surface area contributed by atoms with Gasteiger partial charge in [-0.15, -0.1) is 0 Å². The number of ether oxygens (including phenoxy) is 1. The molecule has 2 atom stereocenters. The van der Waals surface area contributed by atoms with Gasteiger partial charge in [0.2, 0.25) is 11.8 Å². The second kappa shape index (κ2) is 10.7. The maximum absolute atomic E-state index is 12.9. The molecule has 2 N–H and O–H groups in total. The number of nitro benzene ring substituents is 1. The second-order valence-electron chi connectivity index (χ2n) is 6.62. The van der Waals surface area contributed by atoms with Gasteiger partial charge in [0.05, 0.1) is 12.0 Å². The quantitative estimate of drug-likeness (QED) is 0.365. The summed E-state index contributed by atoms with van der Waals surface area (Å²) in [5.41, 5.74) is 0.931. The first kappa shape index (κ1) is 22.5. The van der Waals surface area contributed by atoms with E-state index in [1.165, 1.54) is 25.1 Å². The molecule has 2 aromatic carbocycles. The third-order valence-corrected chi connectivity index (χ3v) is 4.39. The van der Waals surface area contributed by atoms with Crippen molar-refractivity contribution in [1.29, 1.82) is 0 Å². The SMILES string of the molecule is COC(=O)[C@H](Cc1ccccc1[N+](=O)[O-])NC(=O)[C@@H](Cc1ccccc1)NC(C)=O. The van der Waals surface area contributed by atoms with E-state index in [4.69, 9.17) is 4.74 Å². The highest BCUT2D eigenvalue weighted by molar-refractivity contribution is 5.90. The van der Waals surface area contributed by atoms with Crippen molar-refractivity contribution >= 4 is 23.5 Å². The Morgan fingerprint density at radius 1 is 0.967 bits per heavy atom. The lowest BCUT2D eigenvalue weighted by Crippen LogP contribution is -2.53. The lowest BCUT2D eigenvalue weighted by Gasteiger charge is -2.22. The molecule has 0 aliphatic rings. The topological polar surface area (TPSA) is 128 Å². The van der Waals surface area contributed by atoms with Crippen LogP contribution in [0.1, 0.15) is 18.1 Å². The number of carbonyl (C=O) groups excluding carboxylic acids is 3. The van der Waals surface area contributed by atoms with E-state index in [1.807, 2.05) is 30.3 Å². The summed E-state index contributed by atoms with van der Waals surface area (Å²) in [5.74, 6) is -1.75. The van der Waals surface area contributed by atoms with Crippen molar-refractivity contribution in [3.63, 3.8) is 0 Å². The Kier molecular flexibility index (Phi) is 8.04. The second-order valence-corrected chi connectivity index (χ2v) is 6.62. The average Bonchev–Trinajstić information content (AvgIpc) is 2.72. The zero-order chi connectivity index (χ0) is 22.1. The number of nitrogens with zero attached hydrogens (tertiary/aromatic N) is 1. The molecule has 0 heterocycles. The molecular formula is C21H23N3O6. The lowest BCUT2D eigenvalue weighted by molar-refractivity contribution is -0.385. The number of rotatable bonds is 9. The summed E-state index contributed by atoms with van der Waals surface area (Å²) < 4.78 is 4.75. The summed E-state index contributed by atoms with van der Waals surface area (Å²) in [4.78, 5) is 47.4. The fraction of sp³-hybridized carbons (Fsp3) is 0.286. The predicted molar refractivity (Wildman–Crippen MR) is 108 cm³/mol. The van der Waals surface area contributed by atoms with Gasteiger partial charge in [0, 0.05) is 31.4 Å². The molecule has 9 heteroatoms. The number of benzene rings is 2. The normalized spacial score (nSPS) is 12.3. The standard InChI is InChI=1S/C21H23N3O6/c1-14(25)22-17(12-15-8-4-3-5-9-15)20(26)23-18(21(27)30-2)13-16-10-6-7-11-19(16)24(28)29/h3-11,17-18H,12-13H2,1-2H3,(H,22,25)(H,23,26)/t17-,18+/m1/s1. The van der Waals surface area contributed by atoms with E-state index in [1.54, 1.807) is 6.07 Å². The van der Waals surface area contributed by atoms with Crippen LogP contribution in [0.15, 0.2) is 54.6 Å². The van der Waals surface area contributed by atoms with Gasteiger partial charge < -0.3 is 15.4 Å². The Bertz CT molecular complexity index is 916. The summed E-state index contributed by atoms with van der Waals surface area (Å²) in [6.45, 7) is 1.29. The molecule has 0 aliphatic carbocycles. The summed E-state index contributed by atoms with van der Waals surface area (Å²) in [6, 6.07) is 12.9. The molecule has 2 rings (SSSR count). The Morgan fingerprint density at radius 3 is 2.20 bits per heavy atom. The van der Waals surface area contributed by atoms with Crippen molar-refractivity contribution in [2.45, 2.75) is 31.8 Å². The van der Waals surface area contributed by atoms with Crippen LogP contribution in [0.25, 0.3) is 0 Å². The third-order valence-electron chi connectivity index (χ3n) is 4.39. The van der Waals surface area contributed by atoms with Gasteiger partial charge in [-0.2, -0.15) is 0 Å². The first-order valence-electron chi connectivity index (χ1n) is 9.23. The number of esters is 1. The van der Waals surface area contributed by atoms with Crippen molar-refractivity contribution in [1.82, 2.24) is 10.6 Å². The number of carbonyl (C=O) groups is 3. The van der Waals surface area contributed by atoms with E-state index in [-0.39, 0.29) is 24.1 Å². The Hall–Kier alpha value is -3.75. The van der Waals surface area contributed by atoms with E-state index < -0.39 is 34.8 Å². The van der Waals surface area contributed by atoms with E-state index >= 15 is 0 Å². The van der Waals surface area contributed by atoms with E-state index in [9.17, 15) is 24.5 Å². The van der Waals surface area contributed by atoms with E-state index in [2.05, 4.69) is 10.6 Å².